The molecular formula is C21H30O6S. The number of hydrogen-bond acceptors (Lipinski definition) is 7. The molecule has 0 aliphatic heterocycles. The lowest BCUT2D eigenvalue weighted by molar-refractivity contribution is -0.146. The van der Waals surface area contributed by atoms with Crippen molar-refractivity contribution in [3.8, 4) is 5.75 Å². The highest BCUT2D eigenvalue weighted by molar-refractivity contribution is 7.99. The minimum Gasteiger partial charge on any atom is -0.491 e. The van der Waals surface area contributed by atoms with Crippen molar-refractivity contribution in [1.29, 1.82) is 0 Å². The van der Waals surface area contributed by atoms with E-state index in [2.05, 4.69) is 6.58 Å². The van der Waals surface area contributed by atoms with Crippen molar-refractivity contribution in [2.24, 2.45) is 0 Å². The fourth-order valence-corrected chi connectivity index (χ4v) is 2.68. The molecule has 0 aliphatic rings. The first-order valence-corrected chi connectivity index (χ1v) is 10.5. The first-order chi connectivity index (χ1) is 13.5. The normalized spacial score (nSPS) is 12.8. The average Bonchev–Trinajstić information content (AvgIpc) is 2.72. The zero-order valence-electron chi connectivity index (χ0n) is 16.8. The molecule has 0 amide bonds. The second kappa shape index (κ2) is 14.2. The standard InChI is InChI=1S/C21H30O6S/c1-5-20(22)27-19(7-6-12-24-3)15-25-13-14-26-18-10-8-17(9-11-18)21(23)16(2)28-4/h5,8-11,16,19H,1,6-7,12-15H2,2-4H3. The molecule has 28 heavy (non-hydrogen) atoms. The molecule has 0 saturated carbocycles. The van der Waals surface area contributed by atoms with Gasteiger partial charge in [-0.2, -0.15) is 11.8 Å². The summed E-state index contributed by atoms with van der Waals surface area (Å²) in [6.07, 6.45) is 4.13. The highest BCUT2D eigenvalue weighted by atomic mass is 32.2. The van der Waals surface area contributed by atoms with Gasteiger partial charge < -0.3 is 18.9 Å². The Kier molecular flexibility index (Phi) is 12.3. The largest absolute Gasteiger partial charge is 0.491 e. The number of carbonyl (C=O) groups excluding carboxylic acids is 2. The second-order valence-electron chi connectivity index (χ2n) is 6.09. The van der Waals surface area contributed by atoms with E-state index in [0.717, 1.165) is 12.5 Å². The number of ether oxygens (including phenoxy) is 4. The fraction of sp³-hybridized carbons (Fsp3) is 0.524. The molecule has 0 aromatic heterocycles. The van der Waals surface area contributed by atoms with Crippen molar-refractivity contribution >= 4 is 23.5 Å². The van der Waals surface area contributed by atoms with E-state index in [9.17, 15) is 9.59 Å². The molecule has 2 unspecified atom stereocenters. The minimum atomic E-state index is -0.465. The van der Waals surface area contributed by atoms with Crippen molar-refractivity contribution in [3.05, 3.63) is 42.5 Å². The van der Waals surface area contributed by atoms with Gasteiger partial charge in [0.1, 0.15) is 18.5 Å². The SMILES string of the molecule is C=CC(=O)OC(CCCOC)COCCOc1ccc(C(=O)C(C)SC)cc1. The van der Waals surface area contributed by atoms with E-state index in [4.69, 9.17) is 18.9 Å². The number of Topliss-reactive ketones (excluding diaryl/α,β-unsaturated/α-hetero) is 1. The molecular weight excluding hydrogens is 380 g/mol. The third kappa shape index (κ3) is 9.39. The molecule has 0 aliphatic carbocycles. The Hall–Kier alpha value is -1.83. The number of benzene rings is 1. The molecule has 0 spiro atoms. The van der Waals surface area contributed by atoms with Gasteiger partial charge >= 0.3 is 5.97 Å². The third-order valence-corrected chi connectivity index (χ3v) is 4.91. The predicted octanol–water partition coefficient (Wildman–Crippen LogP) is 3.54. The maximum absolute atomic E-state index is 12.1. The Labute approximate surface area is 171 Å². The van der Waals surface area contributed by atoms with Gasteiger partial charge in [-0.25, -0.2) is 4.79 Å². The Morgan fingerprint density at radius 2 is 1.89 bits per heavy atom. The van der Waals surface area contributed by atoms with E-state index in [-0.39, 0.29) is 23.7 Å². The zero-order chi connectivity index (χ0) is 20.8. The van der Waals surface area contributed by atoms with Crippen LogP contribution in [0.15, 0.2) is 36.9 Å². The lowest BCUT2D eigenvalue weighted by Gasteiger charge is -2.17. The van der Waals surface area contributed by atoms with E-state index >= 15 is 0 Å². The lowest BCUT2D eigenvalue weighted by Crippen LogP contribution is -2.24. The zero-order valence-corrected chi connectivity index (χ0v) is 17.7. The summed E-state index contributed by atoms with van der Waals surface area (Å²) in [4.78, 5) is 23.5. The molecule has 0 N–H and O–H groups in total. The molecule has 0 radical (unpaired) electrons. The monoisotopic (exact) mass is 410 g/mol. The van der Waals surface area contributed by atoms with E-state index < -0.39 is 5.97 Å². The van der Waals surface area contributed by atoms with Gasteiger partial charge in [-0.15, -0.1) is 0 Å². The number of esters is 1. The van der Waals surface area contributed by atoms with Crippen molar-refractivity contribution in [1.82, 2.24) is 0 Å². The quantitative estimate of drug-likeness (QED) is 0.190. The van der Waals surface area contributed by atoms with Crippen molar-refractivity contribution in [2.45, 2.75) is 31.1 Å². The maximum atomic E-state index is 12.1. The number of ketones is 1. The molecule has 7 heteroatoms. The number of rotatable bonds is 15. The molecule has 6 nitrogen and oxygen atoms in total. The molecule has 156 valence electrons. The minimum absolute atomic E-state index is 0.0628. The lowest BCUT2D eigenvalue weighted by atomic mass is 10.1. The van der Waals surface area contributed by atoms with Crippen LogP contribution in [0.2, 0.25) is 0 Å². The molecule has 0 bridgehead atoms. The molecule has 0 fully saturated rings. The molecule has 1 aromatic rings. The molecule has 2 atom stereocenters. The Morgan fingerprint density at radius 1 is 1.18 bits per heavy atom. The molecule has 0 heterocycles. The van der Waals surface area contributed by atoms with Crippen molar-refractivity contribution in [3.63, 3.8) is 0 Å². The topological polar surface area (TPSA) is 71.1 Å². The summed E-state index contributed by atoms with van der Waals surface area (Å²) in [7, 11) is 1.63. The van der Waals surface area contributed by atoms with Crippen molar-refractivity contribution < 1.29 is 28.5 Å². The van der Waals surface area contributed by atoms with Crippen LogP contribution in [-0.2, 0) is 19.0 Å². The van der Waals surface area contributed by atoms with Gasteiger partial charge in [0.05, 0.1) is 18.5 Å². The summed E-state index contributed by atoms with van der Waals surface area (Å²) in [5, 5.41) is -0.0628. The fourth-order valence-electron chi connectivity index (χ4n) is 2.33. The summed E-state index contributed by atoms with van der Waals surface area (Å²) >= 11 is 1.52. The van der Waals surface area contributed by atoms with E-state index in [1.54, 1.807) is 31.4 Å². The third-order valence-electron chi connectivity index (χ3n) is 3.99. The van der Waals surface area contributed by atoms with E-state index in [1.807, 2.05) is 13.2 Å². The summed E-state index contributed by atoms with van der Waals surface area (Å²) < 4.78 is 21.5. The van der Waals surface area contributed by atoms with Crippen LogP contribution in [0.25, 0.3) is 0 Å². The van der Waals surface area contributed by atoms with Crippen LogP contribution in [-0.4, -0.2) is 62.9 Å². The molecule has 1 rings (SSSR count). The van der Waals surface area contributed by atoms with Crippen LogP contribution < -0.4 is 4.74 Å². The first-order valence-electron chi connectivity index (χ1n) is 9.21. The maximum Gasteiger partial charge on any atom is 0.330 e. The van der Waals surface area contributed by atoms with Crippen LogP contribution in [0.5, 0.6) is 5.75 Å². The van der Waals surface area contributed by atoms with Crippen LogP contribution >= 0.6 is 11.8 Å². The molecule has 1 aromatic carbocycles. The van der Waals surface area contributed by atoms with Crippen LogP contribution in [0.3, 0.4) is 0 Å². The van der Waals surface area contributed by atoms with Crippen LogP contribution in [0.4, 0.5) is 0 Å². The van der Waals surface area contributed by atoms with Gasteiger partial charge in [-0.05, 0) is 50.3 Å². The number of thioether (sulfide) groups is 1. The van der Waals surface area contributed by atoms with Crippen LogP contribution in [0, 0.1) is 0 Å². The second-order valence-corrected chi connectivity index (χ2v) is 7.27. The predicted molar refractivity (Wildman–Crippen MR) is 111 cm³/mol. The van der Waals surface area contributed by atoms with Crippen LogP contribution in [0.1, 0.15) is 30.1 Å². The number of methoxy groups -OCH3 is 1. The Morgan fingerprint density at radius 3 is 2.50 bits per heavy atom. The molecule has 0 saturated heterocycles. The van der Waals surface area contributed by atoms with E-state index in [0.29, 0.717) is 37.6 Å². The van der Waals surface area contributed by atoms with Gasteiger partial charge in [0.25, 0.3) is 0 Å². The van der Waals surface area contributed by atoms with Gasteiger partial charge in [0, 0.05) is 25.4 Å². The highest BCUT2D eigenvalue weighted by Gasteiger charge is 2.14. The summed E-state index contributed by atoms with van der Waals surface area (Å²) in [6.45, 7) is 6.89. The van der Waals surface area contributed by atoms with Gasteiger partial charge in [-0.3, -0.25) is 4.79 Å². The van der Waals surface area contributed by atoms with Gasteiger partial charge in [0.2, 0.25) is 0 Å². The summed E-state index contributed by atoms with van der Waals surface area (Å²) in [5.74, 6) is 0.315. The van der Waals surface area contributed by atoms with E-state index in [1.165, 1.54) is 11.8 Å². The Bertz CT molecular complexity index is 601. The first kappa shape index (κ1) is 24.2. The Balaban J connectivity index is 2.34. The smallest absolute Gasteiger partial charge is 0.330 e. The number of carbonyl (C=O) groups is 2. The summed E-state index contributed by atoms with van der Waals surface area (Å²) in [6, 6.07) is 7.09. The number of hydrogen-bond donors (Lipinski definition) is 0. The highest BCUT2D eigenvalue weighted by Crippen LogP contribution is 2.17. The van der Waals surface area contributed by atoms with Gasteiger partial charge in [-0.1, -0.05) is 6.58 Å². The average molecular weight is 411 g/mol. The van der Waals surface area contributed by atoms with Gasteiger partial charge in [0.15, 0.2) is 5.78 Å². The summed E-state index contributed by atoms with van der Waals surface area (Å²) in [5.41, 5.74) is 0.674. The van der Waals surface area contributed by atoms with Crippen molar-refractivity contribution in [2.75, 3.05) is 39.8 Å².